The molecular formula is C21H26N2O5S. The first kappa shape index (κ1) is 21.0. The minimum atomic E-state index is -3.48. The number of hydrogen-bond acceptors (Lipinski definition) is 5. The normalized spacial score (nSPS) is 17.5. The van der Waals surface area contributed by atoms with Crippen molar-refractivity contribution >= 4 is 21.6 Å². The van der Waals surface area contributed by atoms with Crippen LogP contribution in [0, 0.1) is 6.92 Å². The van der Waals surface area contributed by atoms with Gasteiger partial charge in [0.1, 0.15) is 18.1 Å². The molecule has 2 aromatic rings. The van der Waals surface area contributed by atoms with Crippen molar-refractivity contribution in [2.45, 2.75) is 32.4 Å². The second kappa shape index (κ2) is 8.73. The molecule has 1 amide bonds. The number of amides is 1. The number of carbonyl (C=O) groups is 1. The highest BCUT2D eigenvalue weighted by Gasteiger charge is 2.31. The van der Waals surface area contributed by atoms with E-state index in [1.807, 2.05) is 38.1 Å². The molecule has 1 N–H and O–H groups in total. The first-order chi connectivity index (χ1) is 13.7. The number of nitrogens with one attached hydrogen (secondary N) is 1. The average molecular weight is 419 g/mol. The summed E-state index contributed by atoms with van der Waals surface area (Å²) in [6, 6.07) is 14.3. The van der Waals surface area contributed by atoms with E-state index in [4.69, 9.17) is 9.47 Å². The Hall–Kier alpha value is -2.74. The Morgan fingerprint density at radius 3 is 2.62 bits per heavy atom. The third-order valence-corrected chi connectivity index (χ3v) is 5.78. The van der Waals surface area contributed by atoms with E-state index in [9.17, 15) is 13.2 Å². The van der Waals surface area contributed by atoms with E-state index in [1.54, 1.807) is 24.3 Å². The SMILES string of the molecule is Cc1ccc(OC[C@@H](C)NC(=O)[C@@H]2CCN(S(C)(=O)=O)c3ccccc3O2)cc1. The van der Waals surface area contributed by atoms with Crippen LogP contribution in [0.2, 0.25) is 0 Å². The van der Waals surface area contributed by atoms with Crippen molar-refractivity contribution in [1.29, 1.82) is 0 Å². The number of hydrogen-bond donors (Lipinski definition) is 1. The van der Waals surface area contributed by atoms with E-state index in [2.05, 4.69) is 5.32 Å². The summed E-state index contributed by atoms with van der Waals surface area (Å²) in [6.45, 7) is 4.33. The van der Waals surface area contributed by atoms with Gasteiger partial charge in [0.05, 0.1) is 18.0 Å². The predicted molar refractivity (Wildman–Crippen MR) is 112 cm³/mol. The molecule has 0 aliphatic carbocycles. The van der Waals surface area contributed by atoms with Gasteiger partial charge in [-0.25, -0.2) is 8.42 Å². The van der Waals surface area contributed by atoms with Crippen LogP contribution in [-0.4, -0.2) is 45.9 Å². The maximum atomic E-state index is 12.7. The summed E-state index contributed by atoms with van der Waals surface area (Å²) in [5.41, 5.74) is 1.59. The van der Waals surface area contributed by atoms with Crippen molar-refractivity contribution in [3.05, 3.63) is 54.1 Å². The van der Waals surface area contributed by atoms with Crippen LogP contribution in [0.15, 0.2) is 48.5 Å². The molecule has 1 heterocycles. The summed E-state index contributed by atoms with van der Waals surface area (Å²) in [7, 11) is -3.48. The summed E-state index contributed by atoms with van der Waals surface area (Å²) in [6.07, 6.45) is 0.609. The third-order valence-electron chi connectivity index (χ3n) is 4.60. The van der Waals surface area contributed by atoms with Crippen LogP contribution < -0.4 is 19.1 Å². The summed E-state index contributed by atoms with van der Waals surface area (Å²) in [4.78, 5) is 12.7. The van der Waals surface area contributed by atoms with Crippen LogP contribution >= 0.6 is 0 Å². The van der Waals surface area contributed by atoms with Crippen molar-refractivity contribution in [3.63, 3.8) is 0 Å². The van der Waals surface area contributed by atoms with Gasteiger partial charge in [-0.3, -0.25) is 9.10 Å². The molecule has 0 saturated carbocycles. The Bertz CT molecular complexity index is 959. The van der Waals surface area contributed by atoms with Gasteiger partial charge in [0, 0.05) is 13.0 Å². The minimum Gasteiger partial charge on any atom is -0.491 e. The number of rotatable bonds is 6. The highest BCUT2D eigenvalue weighted by molar-refractivity contribution is 7.92. The Morgan fingerprint density at radius 2 is 1.93 bits per heavy atom. The van der Waals surface area contributed by atoms with Crippen molar-refractivity contribution in [2.75, 3.05) is 23.7 Å². The zero-order valence-electron chi connectivity index (χ0n) is 16.8. The van der Waals surface area contributed by atoms with Crippen molar-refractivity contribution < 1.29 is 22.7 Å². The number of benzene rings is 2. The lowest BCUT2D eigenvalue weighted by molar-refractivity contribution is -0.128. The van der Waals surface area contributed by atoms with E-state index in [1.165, 1.54) is 4.31 Å². The van der Waals surface area contributed by atoms with E-state index in [-0.39, 0.29) is 24.9 Å². The number of fused-ring (bicyclic) bond motifs is 1. The molecular weight excluding hydrogens is 392 g/mol. The van der Waals surface area contributed by atoms with Crippen LogP contribution in [-0.2, 0) is 14.8 Å². The number of nitrogens with zero attached hydrogens (tertiary/aromatic N) is 1. The average Bonchev–Trinajstić information content (AvgIpc) is 2.87. The molecule has 1 aliphatic rings. The Balaban J connectivity index is 1.63. The van der Waals surface area contributed by atoms with E-state index < -0.39 is 16.1 Å². The van der Waals surface area contributed by atoms with Gasteiger partial charge in [-0.2, -0.15) is 0 Å². The molecule has 3 rings (SSSR count). The Kier molecular flexibility index (Phi) is 6.32. The second-order valence-electron chi connectivity index (χ2n) is 7.23. The zero-order valence-corrected chi connectivity index (χ0v) is 17.6. The number of sulfonamides is 1. The first-order valence-electron chi connectivity index (χ1n) is 9.47. The molecule has 0 bridgehead atoms. The lowest BCUT2D eigenvalue weighted by Crippen LogP contribution is -2.45. The fourth-order valence-electron chi connectivity index (χ4n) is 3.09. The number of ether oxygens (including phenoxy) is 2. The molecule has 2 atom stereocenters. The standard InChI is InChI=1S/C21H26N2O5S/c1-15-8-10-17(11-9-15)27-14-16(2)22-21(24)20-12-13-23(29(3,25)26)18-6-4-5-7-19(18)28-20/h4-11,16,20H,12-14H2,1-3H3,(H,22,24)/t16-,20+/m1/s1. The number of carbonyl (C=O) groups excluding carboxylic acids is 1. The van der Waals surface area contributed by atoms with Gasteiger partial charge in [-0.1, -0.05) is 29.8 Å². The van der Waals surface area contributed by atoms with Gasteiger partial charge in [-0.15, -0.1) is 0 Å². The zero-order chi connectivity index (χ0) is 21.0. The highest BCUT2D eigenvalue weighted by Crippen LogP contribution is 2.33. The third kappa shape index (κ3) is 5.41. The van der Waals surface area contributed by atoms with Crippen LogP contribution in [0.3, 0.4) is 0 Å². The summed E-state index contributed by atoms with van der Waals surface area (Å²) in [5.74, 6) is 0.814. The molecule has 7 nitrogen and oxygen atoms in total. The monoisotopic (exact) mass is 418 g/mol. The smallest absolute Gasteiger partial charge is 0.261 e. The maximum absolute atomic E-state index is 12.7. The van der Waals surface area contributed by atoms with E-state index in [0.717, 1.165) is 17.6 Å². The lowest BCUT2D eigenvalue weighted by Gasteiger charge is -2.20. The molecule has 0 saturated heterocycles. The number of aryl methyl sites for hydroxylation is 1. The second-order valence-corrected chi connectivity index (χ2v) is 9.14. The quantitative estimate of drug-likeness (QED) is 0.779. The van der Waals surface area contributed by atoms with Gasteiger partial charge in [0.2, 0.25) is 10.0 Å². The Labute approximate surface area is 171 Å². The molecule has 0 fully saturated rings. The van der Waals surface area contributed by atoms with Crippen LogP contribution in [0.1, 0.15) is 18.9 Å². The molecule has 0 aromatic heterocycles. The largest absolute Gasteiger partial charge is 0.491 e. The molecule has 0 spiro atoms. The van der Waals surface area contributed by atoms with Crippen molar-refractivity contribution in [1.82, 2.24) is 5.32 Å². The van der Waals surface area contributed by atoms with Gasteiger partial charge in [0.15, 0.2) is 6.10 Å². The van der Waals surface area contributed by atoms with Gasteiger partial charge >= 0.3 is 0 Å². The first-order valence-corrected chi connectivity index (χ1v) is 11.3. The van der Waals surface area contributed by atoms with Gasteiger partial charge < -0.3 is 14.8 Å². The van der Waals surface area contributed by atoms with E-state index >= 15 is 0 Å². The summed E-state index contributed by atoms with van der Waals surface area (Å²) in [5, 5.41) is 2.89. The molecule has 1 aliphatic heterocycles. The number of anilines is 1. The number of para-hydroxylation sites is 2. The van der Waals surface area contributed by atoms with Crippen LogP contribution in [0.4, 0.5) is 5.69 Å². The summed E-state index contributed by atoms with van der Waals surface area (Å²) >= 11 is 0. The molecule has 29 heavy (non-hydrogen) atoms. The maximum Gasteiger partial charge on any atom is 0.261 e. The Morgan fingerprint density at radius 1 is 1.24 bits per heavy atom. The minimum absolute atomic E-state index is 0.169. The molecule has 2 aromatic carbocycles. The van der Waals surface area contributed by atoms with E-state index in [0.29, 0.717) is 18.0 Å². The predicted octanol–water partition coefficient (Wildman–Crippen LogP) is 2.50. The molecule has 0 radical (unpaired) electrons. The van der Waals surface area contributed by atoms with Gasteiger partial charge in [-0.05, 0) is 38.1 Å². The van der Waals surface area contributed by atoms with Crippen LogP contribution in [0.5, 0.6) is 11.5 Å². The topological polar surface area (TPSA) is 84.9 Å². The highest BCUT2D eigenvalue weighted by atomic mass is 32.2. The summed E-state index contributed by atoms with van der Waals surface area (Å²) < 4.78 is 37.2. The van der Waals surface area contributed by atoms with Crippen molar-refractivity contribution in [2.24, 2.45) is 0 Å². The fraction of sp³-hybridized carbons (Fsp3) is 0.381. The molecule has 156 valence electrons. The molecule has 8 heteroatoms. The van der Waals surface area contributed by atoms with Crippen LogP contribution in [0.25, 0.3) is 0 Å². The van der Waals surface area contributed by atoms with Crippen molar-refractivity contribution in [3.8, 4) is 11.5 Å². The fourth-order valence-corrected chi connectivity index (χ4v) is 4.04. The van der Waals surface area contributed by atoms with Gasteiger partial charge in [0.25, 0.3) is 5.91 Å². The molecule has 0 unspecified atom stereocenters. The lowest BCUT2D eigenvalue weighted by atomic mass is 10.2.